The van der Waals surface area contributed by atoms with Crippen molar-refractivity contribution < 1.29 is 9.53 Å². The number of benzene rings is 2. The number of para-hydroxylation sites is 2. The van der Waals surface area contributed by atoms with Crippen molar-refractivity contribution in [3.8, 4) is 11.4 Å². The van der Waals surface area contributed by atoms with Crippen molar-refractivity contribution >= 4 is 16.9 Å². The largest absolute Gasteiger partial charge is 0.383 e. The van der Waals surface area contributed by atoms with Crippen LogP contribution in [0.4, 0.5) is 0 Å². The van der Waals surface area contributed by atoms with E-state index >= 15 is 0 Å². The number of hydrogen-bond donors (Lipinski definition) is 1. The number of ether oxygens (including phenoxy) is 1. The first-order valence-electron chi connectivity index (χ1n) is 7.94. The number of rotatable bonds is 5. The van der Waals surface area contributed by atoms with Gasteiger partial charge in [0.25, 0.3) is 5.91 Å². The second-order valence-electron chi connectivity index (χ2n) is 5.75. The van der Waals surface area contributed by atoms with Crippen LogP contribution < -0.4 is 5.32 Å². The molecule has 24 heavy (non-hydrogen) atoms. The molecule has 1 aromatic heterocycles. The third kappa shape index (κ3) is 2.90. The first-order chi connectivity index (χ1) is 11.7. The van der Waals surface area contributed by atoms with E-state index in [2.05, 4.69) is 22.9 Å². The Morgan fingerprint density at radius 1 is 1.21 bits per heavy atom. The summed E-state index contributed by atoms with van der Waals surface area (Å²) in [6.45, 7) is 2.71. The molecule has 0 aliphatic heterocycles. The van der Waals surface area contributed by atoms with E-state index in [9.17, 15) is 4.79 Å². The normalized spacial score (nSPS) is 12.3. The van der Waals surface area contributed by atoms with Crippen LogP contribution in [0, 0.1) is 0 Å². The lowest BCUT2D eigenvalue weighted by Crippen LogP contribution is -2.17. The number of carbonyl (C=O) groups is 1. The maximum absolute atomic E-state index is 11.7. The van der Waals surface area contributed by atoms with Gasteiger partial charge in [0.2, 0.25) is 0 Å². The van der Waals surface area contributed by atoms with Crippen LogP contribution in [-0.4, -0.2) is 36.2 Å². The van der Waals surface area contributed by atoms with Crippen molar-refractivity contribution in [3.63, 3.8) is 0 Å². The number of imidazole rings is 1. The zero-order valence-corrected chi connectivity index (χ0v) is 14.1. The number of amides is 1. The van der Waals surface area contributed by atoms with E-state index in [4.69, 9.17) is 9.72 Å². The van der Waals surface area contributed by atoms with Gasteiger partial charge in [-0.25, -0.2) is 4.98 Å². The monoisotopic (exact) mass is 323 g/mol. The Labute approximate surface area is 141 Å². The quantitative estimate of drug-likeness (QED) is 0.784. The van der Waals surface area contributed by atoms with E-state index in [1.165, 1.54) is 0 Å². The van der Waals surface area contributed by atoms with E-state index in [0.717, 1.165) is 22.4 Å². The van der Waals surface area contributed by atoms with Crippen molar-refractivity contribution in [2.75, 3.05) is 20.8 Å². The van der Waals surface area contributed by atoms with E-state index in [0.29, 0.717) is 12.2 Å². The van der Waals surface area contributed by atoms with E-state index in [-0.39, 0.29) is 11.9 Å². The predicted molar refractivity (Wildman–Crippen MR) is 95.1 cm³/mol. The predicted octanol–water partition coefficient (Wildman–Crippen LogP) is 3.27. The fourth-order valence-corrected chi connectivity index (χ4v) is 2.93. The van der Waals surface area contributed by atoms with E-state index in [1.54, 1.807) is 14.2 Å². The van der Waals surface area contributed by atoms with Gasteiger partial charge < -0.3 is 14.6 Å². The van der Waals surface area contributed by atoms with Gasteiger partial charge in [0.1, 0.15) is 5.82 Å². The Balaban J connectivity index is 2.11. The molecule has 0 unspecified atom stereocenters. The Kier molecular flexibility index (Phi) is 4.62. The van der Waals surface area contributed by atoms with Gasteiger partial charge in [-0.2, -0.15) is 0 Å². The Morgan fingerprint density at radius 3 is 2.58 bits per heavy atom. The van der Waals surface area contributed by atoms with Crippen LogP contribution in [0.2, 0.25) is 0 Å². The highest BCUT2D eigenvalue weighted by atomic mass is 16.5. The van der Waals surface area contributed by atoms with Gasteiger partial charge in [-0.1, -0.05) is 24.3 Å². The van der Waals surface area contributed by atoms with Crippen LogP contribution in [0.1, 0.15) is 23.3 Å². The number of carbonyl (C=O) groups excluding carboxylic acids is 1. The minimum Gasteiger partial charge on any atom is -0.383 e. The number of aromatic nitrogens is 2. The molecule has 124 valence electrons. The molecule has 3 aromatic rings. The van der Waals surface area contributed by atoms with Crippen molar-refractivity contribution in [2.45, 2.75) is 13.0 Å². The van der Waals surface area contributed by atoms with Crippen LogP contribution >= 0.6 is 0 Å². The third-order valence-electron chi connectivity index (χ3n) is 4.08. The Bertz CT molecular complexity index is 853. The molecule has 0 spiro atoms. The van der Waals surface area contributed by atoms with Crippen molar-refractivity contribution in [2.24, 2.45) is 0 Å². The fourth-order valence-electron chi connectivity index (χ4n) is 2.93. The first-order valence-corrected chi connectivity index (χ1v) is 7.94. The number of nitrogens with one attached hydrogen (secondary N) is 1. The van der Waals surface area contributed by atoms with Crippen LogP contribution in [0.5, 0.6) is 0 Å². The zero-order chi connectivity index (χ0) is 17.1. The summed E-state index contributed by atoms with van der Waals surface area (Å²) in [6.07, 6.45) is 0. The molecule has 1 amide bonds. The minimum atomic E-state index is -0.0946. The lowest BCUT2D eigenvalue weighted by molar-refractivity contribution is 0.0963. The minimum absolute atomic E-state index is 0.0946. The van der Waals surface area contributed by atoms with Crippen LogP contribution in [-0.2, 0) is 4.74 Å². The molecular formula is C19H21N3O2. The molecule has 5 nitrogen and oxygen atoms in total. The molecule has 1 heterocycles. The van der Waals surface area contributed by atoms with Crippen molar-refractivity contribution in [1.82, 2.24) is 14.9 Å². The average Bonchev–Trinajstić information content (AvgIpc) is 3.01. The second-order valence-corrected chi connectivity index (χ2v) is 5.75. The second kappa shape index (κ2) is 6.84. The Morgan fingerprint density at radius 2 is 1.92 bits per heavy atom. The molecule has 0 aliphatic carbocycles. The summed E-state index contributed by atoms with van der Waals surface area (Å²) in [7, 11) is 3.33. The van der Waals surface area contributed by atoms with Gasteiger partial charge in [0.15, 0.2) is 0 Å². The topological polar surface area (TPSA) is 56.2 Å². The molecule has 0 saturated carbocycles. The number of fused-ring (bicyclic) bond motifs is 1. The Hall–Kier alpha value is -2.66. The molecule has 2 aromatic carbocycles. The van der Waals surface area contributed by atoms with Gasteiger partial charge in [0.05, 0.1) is 23.7 Å². The highest BCUT2D eigenvalue weighted by Crippen LogP contribution is 2.28. The molecule has 0 aliphatic rings. The molecule has 0 fully saturated rings. The highest BCUT2D eigenvalue weighted by molar-refractivity contribution is 5.94. The van der Waals surface area contributed by atoms with Gasteiger partial charge in [-0.15, -0.1) is 0 Å². The van der Waals surface area contributed by atoms with Crippen LogP contribution in [0.3, 0.4) is 0 Å². The summed E-state index contributed by atoms with van der Waals surface area (Å²) in [6, 6.07) is 15.7. The number of methoxy groups -OCH3 is 1. The fraction of sp³-hybridized carbons (Fsp3) is 0.263. The standard InChI is InChI=1S/C19H21N3O2/c1-13(12-24-3)22-17-7-5-4-6-16(17)21-18(22)14-8-10-15(11-9-14)19(23)20-2/h4-11,13H,12H2,1-3H3,(H,20,23)/t13-/m0/s1. The molecule has 0 bridgehead atoms. The van der Waals surface area contributed by atoms with E-state index < -0.39 is 0 Å². The molecular weight excluding hydrogens is 302 g/mol. The van der Waals surface area contributed by atoms with Gasteiger partial charge >= 0.3 is 0 Å². The molecule has 0 saturated heterocycles. The van der Waals surface area contributed by atoms with Gasteiger partial charge in [-0.3, -0.25) is 4.79 Å². The van der Waals surface area contributed by atoms with Gasteiger partial charge in [-0.05, 0) is 31.2 Å². The summed E-state index contributed by atoms with van der Waals surface area (Å²) < 4.78 is 7.52. The van der Waals surface area contributed by atoms with Crippen molar-refractivity contribution in [3.05, 3.63) is 54.1 Å². The van der Waals surface area contributed by atoms with Crippen molar-refractivity contribution in [1.29, 1.82) is 0 Å². The summed E-state index contributed by atoms with van der Waals surface area (Å²) >= 11 is 0. The van der Waals surface area contributed by atoms with Gasteiger partial charge in [0, 0.05) is 25.3 Å². The maximum Gasteiger partial charge on any atom is 0.251 e. The van der Waals surface area contributed by atoms with E-state index in [1.807, 2.05) is 42.5 Å². The summed E-state index contributed by atoms with van der Waals surface area (Å²) in [5.41, 5.74) is 3.63. The lowest BCUT2D eigenvalue weighted by Gasteiger charge is -2.17. The lowest BCUT2D eigenvalue weighted by atomic mass is 10.1. The number of hydrogen-bond acceptors (Lipinski definition) is 3. The maximum atomic E-state index is 11.7. The first kappa shape index (κ1) is 16.2. The summed E-state index contributed by atoms with van der Waals surface area (Å²) in [5.74, 6) is 0.784. The molecule has 1 N–H and O–H groups in total. The average molecular weight is 323 g/mol. The molecule has 5 heteroatoms. The smallest absolute Gasteiger partial charge is 0.251 e. The molecule has 0 radical (unpaired) electrons. The highest BCUT2D eigenvalue weighted by Gasteiger charge is 2.17. The number of nitrogens with zero attached hydrogens (tertiary/aromatic N) is 2. The molecule has 1 atom stereocenters. The van der Waals surface area contributed by atoms with Crippen LogP contribution in [0.15, 0.2) is 48.5 Å². The van der Waals surface area contributed by atoms with Crippen LogP contribution in [0.25, 0.3) is 22.4 Å². The summed E-state index contributed by atoms with van der Waals surface area (Å²) in [5, 5.41) is 2.63. The summed E-state index contributed by atoms with van der Waals surface area (Å²) in [4.78, 5) is 16.5. The third-order valence-corrected chi connectivity index (χ3v) is 4.08. The SMILES string of the molecule is CNC(=O)c1ccc(-c2nc3ccccc3n2[C@@H](C)COC)cc1. The molecule has 3 rings (SSSR count). The zero-order valence-electron chi connectivity index (χ0n) is 14.1.